The molecule has 9 heteroatoms. The number of rotatable bonds is 4. The van der Waals surface area contributed by atoms with Crippen molar-refractivity contribution in [3.05, 3.63) is 34.1 Å². The highest BCUT2D eigenvalue weighted by atomic mass is 32.2. The Kier molecular flexibility index (Phi) is 3.77. The smallest absolute Gasteiger partial charge is 0.306 e. The summed E-state index contributed by atoms with van der Waals surface area (Å²) in [4.78, 5) is 9.33. The summed E-state index contributed by atoms with van der Waals surface area (Å²) >= 11 is 0. The predicted octanol–water partition coefficient (Wildman–Crippen LogP) is 1.13. The van der Waals surface area contributed by atoms with E-state index in [1.165, 1.54) is 0 Å². The van der Waals surface area contributed by atoms with Crippen molar-refractivity contribution in [2.24, 2.45) is 5.92 Å². The van der Waals surface area contributed by atoms with Gasteiger partial charge in [-0.25, -0.2) is 8.42 Å². The normalized spacial score (nSPS) is 18.5. The summed E-state index contributed by atoms with van der Waals surface area (Å²) in [6, 6.07) is 2.42. The maximum absolute atomic E-state index is 13.2. The van der Waals surface area contributed by atoms with Gasteiger partial charge in [-0.05, 0) is 18.1 Å². The molecule has 2 rings (SSSR count). The summed E-state index contributed by atoms with van der Waals surface area (Å²) in [5.41, 5.74) is -1.99. The summed E-state index contributed by atoms with van der Waals surface area (Å²) in [7, 11) is -3.98. The van der Waals surface area contributed by atoms with Gasteiger partial charge in [-0.3, -0.25) is 10.1 Å². The van der Waals surface area contributed by atoms with Gasteiger partial charge in [0.05, 0.1) is 15.4 Å². The first-order chi connectivity index (χ1) is 9.58. The van der Waals surface area contributed by atoms with Gasteiger partial charge in [-0.2, -0.15) is 8.70 Å². The van der Waals surface area contributed by atoms with Gasteiger partial charge in [-0.1, -0.05) is 13.8 Å². The number of aliphatic hydroxyl groups is 1. The van der Waals surface area contributed by atoms with Crippen molar-refractivity contribution < 1.29 is 22.8 Å². The van der Waals surface area contributed by atoms with Crippen molar-refractivity contribution in [1.82, 2.24) is 4.31 Å². The highest BCUT2D eigenvalue weighted by molar-refractivity contribution is 7.89. The molecule has 1 N–H and O–H groups in total. The van der Waals surface area contributed by atoms with Crippen molar-refractivity contribution in [2.45, 2.75) is 24.3 Å². The second kappa shape index (κ2) is 5.00. The molecule has 116 valence electrons. The number of nitrogens with zero attached hydrogens (tertiary/aromatic N) is 2. The van der Waals surface area contributed by atoms with Crippen molar-refractivity contribution in [1.29, 1.82) is 0 Å². The fraction of sp³-hybridized carbons (Fsp3) is 0.500. The van der Waals surface area contributed by atoms with Crippen LogP contribution >= 0.6 is 0 Å². The Morgan fingerprint density at radius 3 is 2.48 bits per heavy atom. The number of hydrogen-bond acceptors (Lipinski definition) is 5. The Morgan fingerprint density at radius 2 is 2.00 bits per heavy atom. The van der Waals surface area contributed by atoms with E-state index >= 15 is 0 Å². The Balaban J connectivity index is 2.30. The molecule has 1 saturated heterocycles. The van der Waals surface area contributed by atoms with E-state index in [1.807, 2.05) is 0 Å². The third-order valence-electron chi connectivity index (χ3n) is 3.73. The Labute approximate surface area is 121 Å². The average molecular weight is 318 g/mol. The molecule has 0 spiro atoms. The monoisotopic (exact) mass is 318 g/mol. The molecular formula is C12H15FN2O5S. The van der Waals surface area contributed by atoms with Crippen LogP contribution in [0.5, 0.6) is 0 Å². The Bertz CT molecular complexity index is 683. The van der Waals surface area contributed by atoms with Crippen LogP contribution in [0, 0.1) is 21.8 Å². The van der Waals surface area contributed by atoms with Crippen LogP contribution in [0.1, 0.15) is 13.8 Å². The molecular weight excluding hydrogens is 303 g/mol. The molecule has 0 bridgehead atoms. The maximum Gasteiger partial charge on any atom is 0.306 e. The summed E-state index contributed by atoms with van der Waals surface area (Å²) in [6.07, 6.45) is 0. The third-order valence-corrected chi connectivity index (χ3v) is 5.51. The van der Waals surface area contributed by atoms with Crippen LogP contribution in [0.3, 0.4) is 0 Å². The molecule has 1 heterocycles. The van der Waals surface area contributed by atoms with E-state index in [0.717, 1.165) is 16.4 Å². The van der Waals surface area contributed by atoms with Crippen LogP contribution in [0.2, 0.25) is 0 Å². The van der Waals surface area contributed by atoms with Gasteiger partial charge >= 0.3 is 5.69 Å². The summed E-state index contributed by atoms with van der Waals surface area (Å²) in [5, 5.41) is 20.7. The minimum absolute atomic E-state index is 0.0851. The van der Waals surface area contributed by atoms with Gasteiger partial charge in [0.2, 0.25) is 15.8 Å². The first kappa shape index (κ1) is 15.8. The van der Waals surface area contributed by atoms with E-state index in [0.29, 0.717) is 6.07 Å². The van der Waals surface area contributed by atoms with Crippen LogP contribution in [0.4, 0.5) is 10.1 Å². The molecule has 1 fully saturated rings. The first-order valence-electron chi connectivity index (χ1n) is 6.24. The molecule has 0 radical (unpaired) electrons. The zero-order chi connectivity index (χ0) is 16.0. The van der Waals surface area contributed by atoms with Crippen LogP contribution < -0.4 is 0 Å². The number of β-amino-alcohol motifs (C(OH)–C–C–N with tert-alkyl or cyclic N) is 1. The fourth-order valence-electron chi connectivity index (χ4n) is 2.04. The summed E-state index contributed by atoms with van der Waals surface area (Å²) < 4.78 is 38.8. The lowest BCUT2D eigenvalue weighted by Gasteiger charge is -2.47. The zero-order valence-corrected chi connectivity index (χ0v) is 12.3. The standard InChI is InChI=1S/C12H15FN2O5S/c1-8(2)12(16)6-14(7-12)21(19,20)9-3-4-10(13)11(5-9)15(17)18/h3-5,8,16H,6-7H2,1-2H3. The average Bonchev–Trinajstić information content (AvgIpc) is 2.34. The number of hydrogen-bond donors (Lipinski definition) is 1. The van der Waals surface area contributed by atoms with Crippen LogP contribution in [0.15, 0.2) is 23.1 Å². The van der Waals surface area contributed by atoms with Gasteiger partial charge < -0.3 is 5.11 Å². The van der Waals surface area contributed by atoms with Gasteiger partial charge in [0.1, 0.15) is 0 Å². The molecule has 21 heavy (non-hydrogen) atoms. The Morgan fingerprint density at radius 1 is 1.43 bits per heavy atom. The predicted molar refractivity (Wildman–Crippen MR) is 71.6 cm³/mol. The van der Waals surface area contributed by atoms with E-state index in [-0.39, 0.29) is 23.9 Å². The lowest BCUT2D eigenvalue weighted by atomic mass is 9.85. The van der Waals surface area contributed by atoms with E-state index in [1.54, 1.807) is 13.8 Å². The second-order valence-corrected chi connectivity index (χ2v) is 7.34. The topological polar surface area (TPSA) is 101 Å². The minimum atomic E-state index is -3.98. The fourth-order valence-corrected chi connectivity index (χ4v) is 3.63. The lowest BCUT2D eigenvalue weighted by molar-refractivity contribution is -0.387. The van der Waals surface area contributed by atoms with Gasteiger partial charge in [0.15, 0.2) is 0 Å². The van der Waals surface area contributed by atoms with Crippen LogP contribution in [0.25, 0.3) is 0 Å². The molecule has 1 aromatic rings. The van der Waals surface area contributed by atoms with Gasteiger partial charge in [0, 0.05) is 19.2 Å². The molecule has 7 nitrogen and oxygen atoms in total. The molecule has 0 atom stereocenters. The molecule has 1 aliphatic rings. The van der Waals surface area contributed by atoms with Crippen molar-refractivity contribution in [3.63, 3.8) is 0 Å². The SMILES string of the molecule is CC(C)C1(O)CN(S(=O)(=O)c2ccc(F)c([N+](=O)[O-])c2)C1. The molecule has 1 aliphatic heterocycles. The summed E-state index contributed by atoms with van der Waals surface area (Å²) in [6.45, 7) is 3.37. The van der Waals surface area contributed by atoms with Crippen LogP contribution in [-0.2, 0) is 10.0 Å². The molecule has 0 aliphatic carbocycles. The molecule has 0 unspecified atom stereocenters. The highest BCUT2D eigenvalue weighted by Gasteiger charge is 2.49. The number of sulfonamides is 1. The second-order valence-electron chi connectivity index (χ2n) is 5.40. The van der Waals surface area contributed by atoms with Crippen molar-refractivity contribution >= 4 is 15.7 Å². The Hall–Kier alpha value is -1.58. The maximum atomic E-state index is 13.2. The quantitative estimate of drug-likeness (QED) is 0.662. The largest absolute Gasteiger partial charge is 0.387 e. The molecule has 1 aromatic carbocycles. The van der Waals surface area contributed by atoms with E-state index in [9.17, 15) is 28.0 Å². The van der Waals surface area contributed by atoms with E-state index in [4.69, 9.17) is 0 Å². The molecule has 0 aromatic heterocycles. The highest BCUT2D eigenvalue weighted by Crippen LogP contribution is 2.34. The first-order valence-corrected chi connectivity index (χ1v) is 7.68. The van der Waals surface area contributed by atoms with E-state index in [2.05, 4.69) is 0 Å². The van der Waals surface area contributed by atoms with Gasteiger partial charge in [0.25, 0.3) is 0 Å². The third kappa shape index (κ3) is 2.63. The van der Waals surface area contributed by atoms with Crippen molar-refractivity contribution in [2.75, 3.05) is 13.1 Å². The van der Waals surface area contributed by atoms with Crippen molar-refractivity contribution in [3.8, 4) is 0 Å². The number of halogens is 1. The van der Waals surface area contributed by atoms with Crippen LogP contribution in [-0.4, -0.2) is 41.4 Å². The zero-order valence-electron chi connectivity index (χ0n) is 11.5. The molecule has 0 amide bonds. The number of benzene rings is 1. The lowest BCUT2D eigenvalue weighted by Crippen LogP contribution is -2.65. The minimum Gasteiger partial charge on any atom is -0.387 e. The number of nitro groups is 1. The van der Waals surface area contributed by atoms with Gasteiger partial charge in [-0.15, -0.1) is 0 Å². The van der Waals surface area contributed by atoms with E-state index < -0.39 is 32.1 Å². The summed E-state index contributed by atoms with van der Waals surface area (Å²) in [5.74, 6) is -1.22. The molecule has 0 saturated carbocycles. The number of nitro benzene ring substituents is 1.